The van der Waals surface area contributed by atoms with E-state index in [0.29, 0.717) is 24.3 Å². The van der Waals surface area contributed by atoms with Crippen LogP contribution in [0.15, 0.2) is 85.2 Å². The minimum atomic E-state index is -0.447. The van der Waals surface area contributed by atoms with Gasteiger partial charge in [-0.3, -0.25) is 14.4 Å². The Morgan fingerprint density at radius 2 is 1.44 bits per heavy atom. The molecule has 4 aromatic rings. The van der Waals surface area contributed by atoms with Crippen molar-refractivity contribution >= 4 is 34.1 Å². The second kappa shape index (κ2) is 11.4. The number of Topliss-reactive ketones (excluding diaryl/α,β-unsaturated/α-hetero) is 1. The quantitative estimate of drug-likeness (QED) is 0.251. The van der Waals surface area contributed by atoms with Crippen molar-refractivity contribution in [1.29, 1.82) is 0 Å². The molecule has 0 spiro atoms. The number of anilines is 1. The van der Waals surface area contributed by atoms with Crippen molar-refractivity contribution in [2.45, 2.75) is 26.8 Å². The van der Waals surface area contributed by atoms with Crippen molar-refractivity contribution in [1.82, 2.24) is 14.9 Å². The molecule has 36 heavy (non-hydrogen) atoms. The van der Waals surface area contributed by atoms with Gasteiger partial charge in [0.2, 0.25) is 11.7 Å². The van der Waals surface area contributed by atoms with Gasteiger partial charge in [-0.15, -0.1) is 0 Å². The molecule has 0 radical (unpaired) electrons. The first kappa shape index (κ1) is 24.7. The van der Waals surface area contributed by atoms with E-state index >= 15 is 0 Å². The Kier molecular flexibility index (Phi) is 7.80. The van der Waals surface area contributed by atoms with Crippen LogP contribution in [0, 0.1) is 0 Å². The van der Waals surface area contributed by atoms with Gasteiger partial charge in [-0.05, 0) is 66.6 Å². The van der Waals surface area contributed by atoms with E-state index < -0.39 is 5.78 Å². The number of benzene rings is 3. The molecule has 4 rings (SSSR count). The summed E-state index contributed by atoms with van der Waals surface area (Å²) in [7, 11) is 0. The van der Waals surface area contributed by atoms with Gasteiger partial charge in [0.05, 0.1) is 13.0 Å². The Morgan fingerprint density at radius 3 is 2.11 bits per heavy atom. The number of carbonyl (C=O) groups is 3. The zero-order chi connectivity index (χ0) is 25.5. The Labute approximate surface area is 210 Å². The average Bonchev–Trinajstić information content (AvgIpc) is 2.92. The molecule has 0 bridgehead atoms. The molecule has 182 valence electrons. The van der Waals surface area contributed by atoms with Crippen LogP contribution in [0.25, 0.3) is 10.8 Å². The standard InChI is InChI=1S/C29H28N4O3/c1-3-32(4-2)29(36)23-12-14-25(15-13-23)33(27(35)19-26(34)28-30-16-7-17-31-28)20-21-10-11-22-8-5-6-9-24(22)18-21/h5-18H,3-4,19-20H2,1-2H3. The number of amides is 2. The van der Waals surface area contributed by atoms with Crippen molar-refractivity contribution in [3.8, 4) is 0 Å². The molecule has 0 N–H and O–H groups in total. The molecule has 0 aliphatic carbocycles. The van der Waals surface area contributed by atoms with E-state index in [-0.39, 0.29) is 30.6 Å². The lowest BCUT2D eigenvalue weighted by molar-refractivity contribution is -0.117. The number of carbonyl (C=O) groups excluding carboxylic acids is 3. The highest BCUT2D eigenvalue weighted by Gasteiger charge is 2.22. The van der Waals surface area contributed by atoms with Crippen LogP contribution in [-0.4, -0.2) is 45.6 Å². The minimum Gasteiger partial charge on any atom is -0.339 e. The SMILES string of the molecule is CCN(CC)C(=O)c1ccc(N(Cc2ccc3ccccc3c2)C(=O)CC(=O)c2ncccn2)cc1. The summed E-state index contributed by atoms with van der Waals surface area (Å²) in [5, 5.41) is 2.17. The van der Waals surface area contributed by atoms with Crippen LogP contribution in [0.2, 0.25) is 0 Å². The fourth-order valence-electron chi connectivity index (χ4n) is 4.08. The van der Waals surface area contributed by atoms with Gasteiger partial charge in [0.15, 0.2) is 5.82 Å². The van der Waals surface area contributed by atoms with Gasteiger partial charge < -0.3 is 9.80 Å². The monoisotopic (exact) mass is 480 g/mol. The molecule has 1 aromatic heterocycles. The first-order valence-corrected chi connectivity index (χ1v) is 12.0. The summed E-state index contributed by atoms with van der Waals surface area (Å²) in [5.74, 6) is -0.868. The third kappa shape index (κ3) is 5.63. The fraction of sp³-hybridized carbons (Fsp3) is 0.207. The second-order valence-corrected chi connectivity index (χ2v) is 8.36. The zero-order valence-electron chi connectivity index (χ0n) is 20.4. The Hall–Kier alpha value is -4.39. The molecule has 0 saturated carbocycles. The lowest BCUT2D eigenvalue weighted by atomic mass is 10.1. The highest BCUT2D eigenvalue weighted by atomic mass is 16.2. The summed E-state index contributed by atoms with van der Waals surface area (Å²) in [6, 6.07) is 22.6. The highest BCUT2D eigenvalue weighted by Crippen LogP contribution is 2.23. The van der Waals surface area contributed by atoms with Gasteiger partial charge in [0.1, 0.15) is 0 Å². The molecule has 0 atom stereocenters. The first-order chi connectivity index (χ1) is 17.5. The Bertz CT molecular complexity index is 1370. The number of nitrogens with zero attached hydrogens (tertiary/aromatic N) is 4. The van der Waals surface area contributed by atoms with Crippen LogP contribution < -0.4 is 4.90 Å². The predicted molar refractivity (Wildman–Crippen MR) is 140 cm³/mol. The lowest BCUT2D eigenvalue weighted by Gasteiger charge is -2.24. The topological polar surface area (TPSA) is 83.5 Å². The van der Waals surface area contributed by atoms with Crippen molar-refractivity contribution in [2.75, 3.05) is 18.0 Å². The smallest absolute Gasteiger partial charge is 0.253 e. The molecular weight excluding hydrogens is 452 g/mol. The van der Waals surface area contributed by atoms with Crippen LogP contribution in [-0.2, 0) is 11.3 Å². The third-order valence-corrected chi connectivity index (χ3v) is 6.06. The molecule has 0 aliphatic rings. The molecule has 7 heteroatoms. The molecule has 7 nitrogen and oxygen atoms in total. The van der Waals surface area contributed by atoms with E-state index in [0.717, 1.165) is 16.3 Å². The maximum Gasteiger partial charge on any atom is 0.253 e. The zero-order valence-corrected chi connectivity index (χ0v) is 20.4. The number of hydrogen-bond acceptors (Lipinski definition) is 5. The van der Waals surface area contributed by atoms with Crippen LogP contribution in [0.5, 0.6) is 0 Å². The number of fused-ring (bicyclic) bond motifs is 1. The largest absolute Gasteiger partial charge is 0.339 e. The van der Waals surface area contributed by atoms with Crippen molar-refractivity contribution in [3.63, 3.8) is 0 Å². The van der Waals surface area contributed by atoms with E-state index in [1.807, 2.05) is 56.3 Å². The molecule has 0 unspecified atom stereocenters. The molecule has 0 fully saturated rings. The minimum absolute atomic E-state index is 0.0108. The van der Waals surface area contributed by atoms with Crippen molar-refractivity contribution < 1.29 is 14.4 Å². The Balaban J connectivity index is 1.63. The van der Waals surface area contributed by atoms with Crippen LogP contribution >= 0.6 is 0 Å². The maximum atomic E-state index is 13.4. The molecule has 0 aliphatic heterocycles. The summed E-state index contributed by atoms with van der Waals surface area (Å²) >= 11 is 0. The number of ketones is 1. The molecule has 3 aromatic carbocycles. The number of rotatable bonds is 9. The van der Waals surface area contributed by atoms with Gasteiger partial charge >= 0.3 is 0 Å². The van der Waals surface area contributed by atoms with E-state index in [1.54, 1.807) is 40.1 Å². The van der Waals surface area contributed by atoms with Gasteiger partial charge in [0.25, 0.3) is 5.91 Å². The normalized spacial score (nSPS) is 10.7. The number of hydrogen-bond donors (Lipinski definition) is 0. The van der Waals surface area contributed by atoms with Gasteiger partial charge in [0, 0.05) is 36.7 Å². The molecule has 1 heterocycles. The molecule has 2 amide bonds. The van der Waals surface area contributed by atoms with Crippen LogP contribution in [0.4, 0.5) is 5.69 Å². The van der Waals surface area contributed by atoms with Gasteiger partial charge in [-0.25, -0.2) is 9.97 Å². The van der Waals surface area contributed by atoms with Crippen molar-refractivity contribution in [2.24, 2.45) is 0 Å². The van der Waals surface area contributed by atoms with E-state index in [9.17, 15) is 14.4 Å². The van der Waals surface area contributed by atoms with Crippen LogP contribution in [0.1, 0.15) is 46.8 Å². The van der Waals surface area contributed by atoms with E-state index in [1.165, 1.54) is 12.4 Å². The highest BCUT2D eigenvalue weighted by molar-refractivity contribution is 6.10. The maximum absolute atomic E-state index is 13.4. The molecule has 0 saturated heterocycles. The van der Waals surface area contributed by atoms with E-state index in [2.05, 4.69) is 9.97 Å². The van der Waals surface area contributed by atoms with Gasteiger partial charge in [-0.2, -0.15) is 0 Å². The average molecular weight is 481 g/mol. The second-order valence-electron chi connectivity index (χ2n) is 8.36. The summed E-state index contributed by atoms with van der Waals surface area (Å²) in [6.45, 7) is 5.39. The first-order valence-electron chi connectivity index (χ1n) is 12.0. The lowest BCUT2D eigenvalue weighted by Crippen LogP contribution is -2.33. The predicted octanol–water partition coefficient (Wildman–Crippen LogP) is 4.92. The van der Waals surface area contributed by atoms with Gasteiger partial charge in [-0.1, -0.05) is 36.4 Å². The third-order valence-electron chi connectivity index (χ3n) is 6.06. The summed E-state index contributed by atoms with van der Waals surface area (Å²) in [6.07, 6.45) is 2.59. The summed E-state index contributed by atoms with van der Waals surface area (Å²) in [5.41, 5.74) is 2.08. The van der Waals surface area contributed by atoms with Crippen LogP contribution in [0.3, 0.4) is 0 Å². The summed E-state index contributed by atoms with van der Waals surface area (Å²) in [4.78, 5) is 50.0. The summed E-state index contributed by atoms with van der Waals surface area (Å²) < 4.78 is 0. The van der Waals surface area contributed by atoms with E-state index in [4.69, 9.17) is 0 Å². The number of aromatic nitrogens is 2. The fourth-order valence-corrected chi connectivity index (χ4v) is 4.08. The molecular formula is C29H28N4O3. The Morgan fingerprint density at radius 1 is 0.778 bits per heavy atom. The van der Waals surface area contributed by atoms with Crippen molar-refractivity contribution in [3.05, 3.63) is 102 Å².